The molecule has 1 aromatic rings. The molecule has 2 N–H and O–H groups in total. The van der Waals surface area contributed by atoms with E-state index in [2.05, 4.69) is 0 Å². The molecule has 0 spiro atoms. The summed E-state index contributed by atoms with van der Waals surface area (Å²) in [4.78, 5) is 10.4. The third-order valence-corrected chi connectivity index (χ3v) is 2.94. The van der Waals surface area contributed by atoms with Crippen LogP contribution in [0.4, 0.5) is 13.2 Å². The average Bonchev–Trinajstić information content (AvgIpc) is 2.35. The van der Waals surface area contributed by atoms with Crippen molar-refractivity contribution in [3.05, 3.63) is 35.4 Å². The monoisotopic (exact) mass is 287 g/mol. The SMILES string of the molecule is CC(CCC(=O)O)CC(=N)c1cccc(C(F)(F)F)c1. The molecule has 1 unspecified atom stereocenters. The lowest BCUT2D eigenvalue weighted by Gasteiger charge is -2.13. The Kier molecular flexibility index (Phi) is 5.30. The summed E-state index contributed by atoms with van der Waals surface area (Å²) in [7, 11) is 0. The van der Waals surface area contributed by atoms with E-state index in [4.69, 9.17) is 10.5 Å². The van der Waals surface area contributed by atoms with Gasteiger partial charge < -0.3 is 10.5 Å². The maximum Gasteiger partial charge on any atom is 0.416 e. The molecule has 0 radical (unpaired) electrons. The molecule has 0 saturated carbocycles. The van der Waals surface area contributed by atoms with Crippen LogP contribution in [0.3, 0.4) is 0 Å². The van der Waals surface area contributed by atoms with Gasteiger partial charge in [0.25, 0.3) is 0 Å². The zero-order valence-electron chi connectivity index (χ0n) is 11.0. The van der Waals surface area contributed by atoms with Gasteiger partial charge in [-0.05, 0) is 36.5 Å². The molecule has 20 heavy (non-hydrogen) atoms. The highest BCUT2D eigenvalue weighted by molar-refractivity contribution is 5.98. The van der Waals surface area contributed by atoms with Crippen molar-refractivity contribution < 1.29 is 23.1 Å². The van der Waals surface area contributed by atoms with Gasteiger partial charge in [-0.15, -0.1) is 0 Å². The van der Waals surface area contributed by atoms with Gasteiger partial charge in [-0.3, -0.25) is 4.79 Å². The number of hydrogen-bond donors (Lipinski definition) is 2. The van der Waals surface area contributed by atoms with Crippen molar-refractivity contribution in [2.75, 3.05) is 0 Å². The van der Waals surface area contributed by atoms with Gasteiger partial charge in [-0.1, -0.05) is 19.1 Å². The van der Waals surface area contributed by atoms with Gasteiger partial charge in [-0.2, -0.15) is 13.2 Å². The standard InChI is InChI=1S/C14H16F3NO2/c1-9(5-6-13(19)20)7-12(18)10-3-2-4-11(8-10)14(15,16)17/h2-4,8-9,18H,5-7H2,1H3,(H,19,20). The minimum Gasteiger partial charge on any atom is -0.481 e. The van der Waals surface area contributed by atoms with E-state index in [1.54, 1.807) is 6.92 Å². The van der Waals surface area contributed by atoms with E-state index >= 15 is 0 Å². The number of halogens is 3. The van der Waals surface area contributed by atoms with Crippen LogP contribution in [0.15, 0.2) is 24.3 Å². The van der Waals surface area contributed by atoms with Gasteiger partial charge in [0, 0.05) is 12.1 Å². The van der Waals surface area contributed by atoms with E-state index < -0.39 is 17.7 Å². The number of rotatable bonds is 6. The molecule has 3 nitrogen and oxygen atoms in total. The Morgan fingerprint density at radius 3 is 2.60 bits per heavy atom. The van der Waals surface area contributed by atoms with Crippen LogP contribution in [0.5, 0.6) is 0 Å². The highest BCUT2D eigenvalue weighted by atomic mass is 19.4. The lowest BCUT2D eigenvalue weighted by Crippen LogP contribution is -2.10. The molecule has 0 saturated heterocycles. The van der Waals surface area contributed by atoms with E-state index in [1.807, 2.05) is 0 Å². The van der Waals surface area contributed by atoms with Crippen LogP contribution in [-0.4, -0.2) is 16.8 Å². The first-order valence-corrected chi connectivity index (χ1v) is 6.17. The summed E-state index contributed by atoms with van der Waals surface area (Å²) < 4.78 is 37.7. The summed E-state index contributed by atoms with van der Waals surface area (Å²) in [6.07, 6.45) is -3.77. The number of benzene rings is 1. The van der Waals surface area contributed by atoms with Crippen LogP contribution >= 0.6 is 0 Å². The molecular formula is C14H16F3NO2. The molecule has 110 valence electrons. The molecule has 1 atom stereocenters. The van der Waals surface area contributed by atoms with Gasteiger partial charge in [-0.25, -0.2) is 0 Å². The Morgan fingerprint density at radius 1 is 1.40 bits per heavy atom. The zero-order chi connectivity index (χ0) is 15.3. The Labute approximate surface area is 114 Å². The summed E-state index contributed by atoms with van der Waals surface area (Å²) in [6.45, 7) is 1.78. The third-order valence-electron chi connectivity index (χ3n) is 2.94. The van der Waals surface area contributed by atoms with Gasteiger partial charge in [0.15, 0.2) is 0 Å². The van der Waals surface area contributed by atoms with Crippen molar-refractivity contribution >= 4 is 11.7 Å². The summed E-state index contributed by atoms with van der Waals surface area (Å²) in [6, 6.07) is 4.65. The summed E-state index contributed by atoms with van der Waals surface area (Å²) in [5.41, 5.74) is -0.464. The Bertz CT molecular complexity index is 497. The molecule has 0 aliphatic heterocycles. The van der Waals surface area contributed by atoms with Crippen LogP contribution in [-0.2, 0) is 11.0 Å². The Balaban J connectivity index is 2.70. The maximum atomic E-state index is 12.6. The van der Waals surface area contributed by atoms with Crippen molar-refractivity contribution in [2.45, 2.75) is 32.4 Å². The molecule has 0 heterocycles. The lowest BCUT2D eigenvalue weighted by atomic mass is 9.94. The predicted molar refractivity (Wildman–Crippen MR) is 68.9 cm³/mol. The minimum atomic E-state index is -4.43. The fourth-order valence-electron chi connectivity index (χ4n) is 1.82. The highest BCUT2D eigenvalue weighted by Gasteiger charge is 2.30. The second-order valence-electron chi connectivity index (χ2n) is 4.80. The molecule has 0 aromatic heterocycles. The first kappa shape index (κ1) is 16.2. The fourth-order valence-corrected chi connectivity index (χ4v) is 1.82. The van der Waals surface area contributed by atoms with E-state index in [1.165, 1.54) is 12.1 Å². The van der Waals surface area contributed by atoms with Crippen LogP contribution < -0.4 is 0 Å². The fraction of sp³-hybridized carbons (Fsp3) is 0.429. The summed E-state index contributed by atoms with van der Waals surface area (Å²) >= 11 is 0. The molecule has 0 aliphatic carbocycles. The molecule has 6 heteroatoms. The van der Waals surface area contributed by atoms with Gasteiger partial charge in [0.1, 0.15) is 0 Å². The van der Waals surface area contributed by atoms with Crippen LogP contribution in [0.1, 0.15) is 37.3 Å². The normalized spacial score (nSPS) is 13.0. The number of carboxylic acids is 1. The second-order valence-corrected chi connectivity index (χ2v) is 4.80. The molecule has 0 bridgehead atoms. The topological polar surface area (TPSA) is 61.1 Å². The van der Waals surface area contributed by atoms with Crippen molar-refractivity contribution in [3.63, 3.8) is 0 Å². The number of aliphatic carboxylic acids is 1. The maximum absolute atomic E-state index is 12.6. The van der Waals surface area contributed by atoms with Gasteiger partial charge in [0.2, 0.25) is 0 Å². The molecule has 1 aromatic carbocycles. The van der Waals surface area contributed by atoms with E-state index in [0.29, 0.717) is 6.42 Å². The number of carbonyl (C=O) groups is 1. The van der Waals surface area contributed by atoms with Gasteiger partial charge in [0.05, 0.1) is 5.56 Å². The quantitative estimate of drug-likeness (QED) is 0.778. The van der Waals surface area contributed by atoms with Crippen molar-refractivity contribution in [2.24, 2.45) is 5.92 Å². The van der Waals surface area contributed by atoms with Crippen LogP contribution in [0.25, 0.3) is 0 Å². The summed E-state index contributed by atoms with van der Waals surface area (Å²) in [5, 5.41) is 16.4. The van der Waals surface area contributed by atoms with Crippen LogP contribution in [0.2, 0.25) is 0 Å². The predicted octanol–water partition coefficient (Wildman–Crippen LogP) is 3.96. The van der Waals surface area contributed by atoms with E-state index in [9.17, 15) is 18.0 Å². The Hall–Kier alpha value is -1.85. The second kappa shape index (κ2) is 6.54. The number of carboxylic acid groups (broad SMARTS) is 1. The number of alkyl halides is 3. The average molecular weight is 287 g/mol. The Morgan fingerprint density at radius 2 is 2.05 bits per heavy atom. The van der Waals surface area contributed by atoms with E-state index in [0.717, 1.165) is 12.1 Å². The minimum absolute atomic E-state index is 0.00294. The first-order chi connectivity index (χ1) is 9.20. The molecular weight excluding hydrogens is 271 g/mol. The van der Waals surface area contributed by atoms with Crippen LogP contribution in [0, 0.1) is 11.3 Å². The molecule has 1 rings (SSSR count). The highest BCUT2D eigenvalue weighted by Crippen LogP contribution is 2.30. The van der Waals surface area contributed by atoms with Crippen molar-refractivity contribution in [1.82, 2.24) is 0 Å². The third kappa shape index (κ3) is 5.03. The molecule has 0 amide bonds. The van der Waals surface area contributed by atoms with Crippen molar-refractivity contribution in [3.8, 4) is 0 Å². The number of nitrogens with one attached hydrogen (secondary N) is 1. The van der Waals surface area contributed by atoms with E-state index in [-0.39, 0.29) is 30.0 Å². The van der Waals surface area contributed by atoms with Crippen molar-refractivity contribution in [1.29, 1.82) is 5.41 Å². The lowest BCUT2D eigenvalue weighted by molar-refractivity contribution is -0.138. The molecule has 0 fully saturated rings. The molecule has 0 aliphatic rings. The first-order valence-electron chi connectivity index (χ1n) is 6.17. The summed E-state index contributed by atoms with van der Waals surface area (Å²) in [5.74, 6) is -0.976. The van der Waals surface area contributed by atoms with Gasteiger partial charge >= 0.3 is 12.1 Å². The largest absolute Gasteiger partial charge is 0.481 e. The zero-order valence-corrected chi connectivity index (χ0v) is 11.0. The smallest absolute Gasteiger partial charge is 0.416 e. The number of hydrogen-bond acceptors (Lipinski definition) is 2.